The van der Waals surface area contributed by atoms with Crippen LogP contribution in [0.25, 0.3) is 0 Å². The number of ether oxygens (including phenoxy) is 2. The van der Waals surface area contributed by atoms with E-state index < -0.39 is 0 Å². The van der Waals surface area contributed by atoms with Crippen molar-refractivity contribution in [3.8, 4) is 28.7 Å². The Morgan fingerprint density at radius 3 is 2.12 bits per heavy atom. The molecule has 2 atom stereocenters. The van der Waals surface area contributed by atoms with Gasteiger partial charge in [0.05, 0.1) is 28.5 Å². The average Bonchev–Trinajstić information content (AvgIpc) is 3.68. The van der Waals surface area contributed by atoms with Gasteiger partial charge in [-0.1, -0.05) is 36.4 Å². The predicted molar refractivity (Wildman–Crippen MR) is 188 cm³/mol. The lowest BCUT2D eigenvalue weighted by Crippen LogP contribution is -2.46. The van der Waals surface area contributed by atoms with Crippen LogP contribution in [0, 0.1) is 0 Å². The van der Waals surface area contributed by atoms with Gasteiger partial charge in [-0.05, 0) is 52.6 Å². The monoisotopic (exact) mass is 696 g/mol. The number of carbonyl (C=O) groups excluding carboxylic acids is 3. The molecule has 0 aromatic heterocycles. The molecule has 2 amide bonds. The first-order chi connectivity index (χ1) is 25.5. The Bertz CT molecular complexity index is 2290. The fourth-order valence-electron chi connectivity index (χ4n) is 7.02. The molecule has 0 spiro atoms. The first-order valence-corrected chi connectivity index (χ1v) is 16.5. The summed E-state index contributed by atoms with van der Waals surface area (Å²) in [5, 5.41) is 12.5. The standard InChI is InChI=1S/C39H28N4O9/c44-13-14-47-51-52-50-30-18-28(48-26-9-11-31-33(20-26)40-22-25-15-23-5-1-3-7-35(23)42(25)38(31)45)17-29(19-30)49-27-10-12-32-34(21-27)41-37-16-24-6-2-4-8-36(24)43(37)39(32)46/h1-13,17-22,25,37,41H,14-16H2/t25-,37-/m0/s1. The largest absolute Gasteiger partial charge is 0.457 e. The quantitative estimate of drug-likeness (QED) is 0.0712. The molecule has 0 saturated carbocycles. The third kappa shape index (κ3) is 5.68. The Hall–Kier alpha value is -6.54. The van der Waals surface area contributed by atoms with Crippen LogP contribution in [0.15, 0.2) is 108 Å². The smallest absolute Gasteiger partial charge is 0.262 e. The van der Waals surface area contributed by atoms with E-state index in [1.54, 1.807) is 58.5 Å². The Balaban J connectivity index is 0.972. The molecule has 0 fully saturated rings. The Kier molecular flexibility index (Phi) is 7.84. The number of fused-ring (bicyclic) bond motifs is 8. The first kappa shape index (κ1) is 31.4. The molecule has 5 aromatic rings. The molecular formula is C39H28N4O9. The van der Waals surface area contributed by atoms with Crippen molar-refractivity contribution < 1.29 is 43.7 Å². The van der Waals surface area contributed by atoms with Crippen LogP contribution in [0.3, 0.4) is 0 Å². The van der Waals surface area contributed by atoms with Crippen LogP contribution in [-0.4, -0.2) is 43.1 Å². The molecule has 52 heavy (non-hydrogen) atoms. The van der Waals surface area contributed by atoms with Crippen LogP contribution in [0.2, 0.25) is 0 Å². The minimum Gasteiger partial charge on any atom is -0.457 e. The maximum Gasteiger partial charge on any atom is 0.262 e. The van der Waals surface area contributed by atoms with E-state index in [0.717, 1.165) is 22.5 Å². The SMILES string of the molecule is O=CCOOOOc1cc(Oc2ccc3c(c2)N=C[C@@H]2Cc4ccccc4N2C3=O)cc(Oc2ccc3c(c2)N[C@@H]2Cc4ccccc4N2C3=O)c1. The van der Waals surface area contributed by atoms with Gasteiger partial charge in [-0.3, -0.25) is 24.4 Å². The number of amides is 2. The maximum atomic E-state index is 13.7. The van der Waals surface area contributed by atoms with E-state index in [-0.39, 0.29) is 42.1 Å². The van der Waals surface area contributed by atoms with E-state index in [1.165, 1.54) is 12.1 Å². The summed E-state index contributed by atoms with van der Waals surface area (Å²) >= 11 is 0. The molecule has 0 saturated heterocycles. The number of aldehydes is 1. The summed E-state index contributed by atoms with van der Waals surface area (Å²) in [5.74, 6) is 1.30. The lowest BCUT2D eigenvalue weighted by molar-refractivity contribution is -0.604. The summed E-state index contributed by atoms with van der Waals surface area (Å²) < 4.78 is 12.5. The van der Waals surface area contributed by atoms with Crippen molar-refractivity contribution in [2.24, 2.45) is 4.99 Å². The highest BCUT2D eigenvalue weighted by Gasteiger charge is 2.39. The van der Waals surface area contributed by atoms with Gasteiger partial charge in [-0.15, -0.1) is 0 Å². The van der Waals surface area contributed by atoms with Crippen LogP contribution in [-0.2, 0) is 32.6 Å². The number of anilines is 3. The van der Waals surface area contributed by atoms with Crippen molar-refractivity contribution in [3.05, 3.63) is 125 Å². The predicted octanol–water partition coefficient (Wildman–Crippen LogP) is 6.89. The van der Waals surface area contributed by atoms with Crippen LogP contribution >= 0.6 is 0 Å². The molecular weight excluding hydrogens is 668 g/mol. The van der Waals surface area contributed by atoms with Crippen molar-refractivity contribution in [1.29, 1.82) is 0 Å². The molecule has 9 rings (SSSR count). The second kappa shape index (κ2) is 13.0. The molecule has 0 radical (unpaired) electrons. The Labute approximate surface area is 296 Å². The molecule has 0 unspecified atom stereocenters. The van der Waals surface area contributed by atoms with Crippen molar-refractivity contribution >= 4 is 47.1 Å². The fourth-order valence-corrected chi connectivity index (χ4v) is 7.02. The zero-order chi connectivity index (χ0) is 35.2. The molecule has 5 aromatic carbocycles. The number of hydrogen-bond donors (Lipinski definition) is 1. The molecule has 258 valence electrons. The molecule has 13 heteroatoms. The second-order valence-corrected chi connectivity index (χ2v) is 12.4. The number of carbonyl (C=O) groups is 3. The zero-order valence-electron chi connectivity index (χ0n) is 27.3. The van der Waals surface area contributed by atoms with Gasteiger partial charge in [0.1, 0.15) is 42.1 Å². The van der Waals surface area contributed by atoms with E-state index in [0.29, 0.717) is 58.9 Å². The van der Waals surface area contributed by atoms with Crippen LogP contribution in [0.5, 0.6) is 28.7 Å². The minimum atomic E-state index is -0.366. The van der Waals surface area contributed by atoms with E-state index in [9.17, 15) is 14.4 Å². The maximum absolute atomic E-state index is 13.7. The first-order valence-electron chi connectivity index (χ1n) is 16.5. The highest BCUT2D eigenvalue weighted by Crippen LogP contribution is 2.42. The van der Waals surface area contributed by atoms with Gasteiger partial charge in [0.15, 0.2) is 5.75 Å². The van der Waals surface area contributed by atoms with E-state index in [4.69, 9.17) is 14.4 Å². The average molecular weight is 697 g/mol. The highest BCUT2D eigenvalue weighted by molar-refractivity contribution is 6.15. The summed E-state index contributed by atoms with van der Waals surface area (Å²) in [6, 6.07) is 30.5. The molecule has 13 nitrogen and oxygen atoms in total. The topological polar surface area (TPSA) is 137 Å². The Morgan fingerprint density at radius 2 is 1.35 bits per heavy atom. The molecule has 0 aliphatic carbocycles. The molecule has 0 bridgehead atoms. The number of nitrogens with one attached hydrogen (secondary N) is 1. The van der Waals surface area contributed by atoms with Gasteiger partial charge in [0, 0.05) is 65.8 Å². The summed E-state index contributed by atoms with van der Waals surface area (Å²) in [6.07, 6.45) is 3.43. The zero-order valence-corrected chi connectivity index (χ0v) is 27.3. The normalized spacial score (nSPS) is 17.5. The van der Waals surface area contributed by atoms with Gasteiger partial charge < -0.3 is 24.5 Å². The molecule has 1 N–H and O–H groups in total. The Morgan fingerprint density at radius 1 is 0.692 bits per heavy atom. The third-order valence-electron chi connectivity index (χ3n) is 9.22. The number of rotatable bonds is 10. The molecule has 4 aliphatic heterocycles. The van der Waals surface area contributed by atoms with Crippen molar-refractivity contribution in [1.82, 2.24) is 0 Å². The van der Waals surface area contributed by atoms with E-state index in [1.807, 2.05) is 48.5 Å². The van der Waals surface area contributed by atoms with Gasteiger partial charge >= 0.3 is 0 Å². The van der Waals surface area contributed by atoms with Crippen molar-refractivity contribution in [2.75, 3.05) is 21.7 Å². The summed E-state index contributed by atoms with van der Waals surface area (Å²) in [5.41, 5.74) is 6.09. The third-order valence-corrected chi connectivity index (χ3v) is 9.22. The van der Waals surface area contributed by atoms with E-state index >= 15 is 0 Å². The van der Waals surface area contributed by atoms with Crippen LogP contribution < -0.4 is 29.5 Å². The van der Waals surface area contributed by atoms with Gasteiger partial charge in [-0.2, -0.15) is 4.89 Å². The minimum absolute atomic E-state index is 0.0905. The van der Waals surface area contributed by atoms with Gasteiger partial charge in [0.25, 0.3) is 11.8 Å². The lowest BCUT2D eigenvalue weighted by Gasteiger charge is -2.33. The number of benzene rings is 5. The number of nitrogens with zero attached hydrogens (tertiary/aromatic N) is 3. The number of para-hydroxylation sites is 2. The van der Waals surface area contributed by atoms with Gasteiger partial charge in [-0.25, -0.2) is 0 Å². The van der Waals surface area contributed by atoms with Crippen molar-refractivity contribution in [3.63, 3.8) is 0 Å². The fraction of sp³-hybridized carbons (Fsp3) is 0.128. The summed E-state index contributed by atoms with van der Waals surface area (Å²) in [4.78, 5) is 55.7. The summed E-state index contributed by atoms with van der Waals surface area (Å²) in [7, 11) is 0. The van der Waals surface area contributed by atoms with E-state index in [2.05, 4.69) is 25.3 Å². The summed E-state index contributed by atoms with van der Waals surface area (Å²) in [6.45, 7) is -0.366. The van der Waals surface area contributed by atoms with Crippen LogP contribution in [0.1, 0.15) is 31.8 Å². The molecule has 4 heterocycles. The van der Waals surface area contributed by atoms with Crippen LogP contribution in [0.4, 0.5) is 22.7 Å². The second-order valence-electron chi connectivity index (χ2n) is 12.4. The number of hydrogen-bond acceptors (Lipinski definition) is 11. The highest BCUT2D eigenvalue weighted by atomic mass is 17.7. The van der Waals surface area contributed by atoms with Gasteiger partial charge in [0.2, 0.25) is 0 Å². The lowest BCUT2D eigenvalue weighted by atomic mass is 10.1. The number of aliphatic imine (C=N–C) groups is 1. The molecule has 4 aliphatic rings. The van der Waals surface area contributed by atoms with Crippen molar-refractivity contribution in [2.45, 2.75) is 25.0 Å².